The van der Waals surface area contributed by atoms with Crippen LogP contribution in [0.1, 0.15) is 44.2 Å². The first-order valence-electron chi connectivity index (χ1n) is 7.55. The molecule has 22 heavy (non-hydrogen) atoms. The van der Waals surface area contributed by atoms with Gasteiger partial charge in [0, 0.05) is 36.4 Å². The van der Waals surface area contributed by atoms with Crippen molar-refractivity contribution in [3.8, 4) is 0 Å². The van der Waals surface area contributed by atoms with Crippen LogP contribution in [0.15, 0.2) is 17.8 Å². The minimum Gasteiger partial charge on any atom is -0.481 e. The number of hydrogen-bond acceptors (Lipinski definition) is 4. The molecule has 0 aromatic carbocycles. The van der Waals surface area contributed by atoms with Crippen molar-refractivity contribution in [3.05, 3.63) is 23.5 Å². The summed E-state index contributed by atoms with van der Waals surface area (Å²) in [7, 11) is 0. The number of fused-ring (bicyclic) bond motifs is 1. The first-order valence-corrected chi connectivity index (χ1v) is 8.42. The van der Waals surface area contributed by atoms with E-state index in [1.54, 1.807) is 6.20 Å². The van der Waals surface area contributed by atoms with E-state index in [9.17, 15) is 9.59 Å². The number of carbonyl (C=O) groups excluding carboxylic acids is 1. The lowest BCUT2D eigenvalue weighted by Gasteiger charge is -2.05. The fourth-order valence-electron chi connectivity index (χ4n) is 2.29. The maximum Gasteiger partial charge on any atom is 0.303 e. The second kappa shape index (κ2) is 8.53. The van der Waals surface area contributed by atoms with Gasteiger partial charge in [-0.25, -0.2) is 4.98 Å². The number of nitrogens with zero attached hydrogens (tertiary/aromatic N) is 2. The van der Waals surface area contributed by atoms with E-state index in [0.29, 0.717) is 13.0 Å². The molecule has 6 nitrogen and oxygen atoms in total. The lowest BCUT2D eigenvalue weighted by atomic mass is 10.1. The summed E-state index contributed by atoms with van der Waals surface area (Å²) in [6, 6.07) is 0. The third kappa shape index (κ3) is 5.14. The van der Waals surface area contributed by atoms with Crippen LogP contribution in [0.3, 0.4) is 0 Å². The number of aromatic nitrogens is 2. The smallest absolute Gasteiger partial charge is 0.303 e. The van der Waals surface area contributed by atoms with Gasteiger partial charge >= 0.3 is 5.97 Å². The van der Waals surface area contributed by atoms with Gasteiger partial charge in [0.15, 0.2) is 4.96 Å². The lowest BCUT2D eigenvalue weighted by Crippen LogP contribution is -2.26. The summed E-state index contributed by atoms with van der Waals surface area (Å²) in [6.07, 6.45) is 8.86. The molecule has 2 aromatic heterocycles. The van der Waals surface area contributed by atoms with E-state index >= 15 is 0 Å². The molecule has 0 saturated heterocycles. The van der Waals surface area contributed by atoms with Crippen molar-refractivity contribution in [3.63, 3.8) is 0 Å². The molecule has 2 rings (SSSR count). The summed E-state index contributed by atoms with van der Waals surface area (Å²) in [5.41, 5.74) is 0.962. The summed E-state index contributed by atoms with van der Waals surface area (Å²) in [4.78, 5) is 27.3. The number of rotatable bonds is 10. The SMILES string of the molecule is O=C(O)CCCCCCCNC(=O)Cc1csc2nccn12. The number of unbranched alkanes of at least 4 members (excludes halogenated alkanes) is 4. The third-order valence-electron chi connectivity index (χ3n) is 3.45. The van der Waals surface area contributed by atoms with Crippen LogP contribution >= 0.6 is 11.3 Å². The van der Waals surface area contributed by atoms with Crippen LogP contribution in [0.4, 0.5) is 0 Å². The van der Waals surface area contributed by atoms with Crippen molar-refractivity contribution in [2.24, 2.45) is 0 Å². The number of amides is 1. The molecule has 0 unspecified atom stereocenters. The standard InChI is InChI=1S/C15H21N3O3S/c19-13(10-12-11-22-15-17-8-9-18(12)15)16-7-5-3-1-2-4-6-14(20)21/h8-9,11H,1-7,10H2,(H,16,19)(H,20,21). The molecule has 0 aliphatic rings. The van der Waals surface area contributed by atoms with Crippen molar-refractivity contribution in [2.75, 3.05) is 6.54 Å². The number of thiazole rings is 1. The summed E-state index contributed by atoms with van der Waals surface area (Å²) in [5.74, 6) is -0.702. The van der Waals surface area contributed by atoms with Crippen molar-refractivity contribution < 1.29 is 14.7 Å². The van der Waals surface area contributed by atoms with E-state index in [0.717, 1.165) is 42.8 Å². The zero-order valence-corrected chi connectivity index (χ0v) is 13.3. The number of aliphatic carboxylic acids is 1. The third-order valence-corrected chi connectivity index (χ3v) is 4.35. The summed E-state index contributed by atoms with van der Waals surface area (Å²) in [6.45, 7) is 0.676. The van der Waals surface area contributed by atoms with Gasteiger partial charge in [-0.3, -0.25) is 14.0 Å². The van der Waals surface area contributed by atoms with Gasteiger partial charge in [0.2, 0.25) is 5.91 Å². The molecule has 1 amide bonds. The van der Waals surface area contributed by atoms with Crippen LogP contribution in [0.2, 0.25) is 0 Å². The number of carboxylic acid groups (broad SMARTS) is 1. The molecule has 2 aromatic rings. The van der Waals surface area contributed by atoms with Crippen LogP contribution in [0.5, 0.6) is 0 Å². The van der Waals surface area contributed by atoms with Crippen molar-refractivity contribution in [1.29, 1.82) is 0 Å². The van der Waals surface area contributed by atoms with E-state index in [2.05, 4.69) is 10.3 Å². The normalized spacial score (nSPS) is 10.9. The molecule has 0 aliphatic carbocycles. The molecule has 0 atom stereocenters. The zero-order chi connectivity index (χ0) is 15.8. The van der Waals surface area contributed by atoms with Crippen molar-refractivity contribution in [1.82, 2.24) is 14.7 Å². The average molecular weight is 323 g/mol. The Bertz CT molecular complexity index is 620. The lowest BCUT2D eigenvalue weighted by molar-refractivity contribution is -0.137. The van der Waals surface area contributed by atoms with Crippen LogP contribution in [-0.4, -0.2) is 32.9 Å². The summed E-state index contributed by atoms with van der Waals surface area (Å²) >= 11 is 1.53. The predicted molar refractivity (Wildman–Crippen MR) is 85.1 cm³/mol. The average Bonchev–Trinajstić information content (AvgIpc) is 3.06. The number of nitrogens with one attached hydrogen (secondary N) is 1. The van der Waals surface area contributed by atoms with Gasteiger partial charge in [-0.05, 0) is 12.8 Å². The van der Waals surface area contributed by atoms with E-state index in [-0.39, 0.29) is 12.3 Å². The van der Waals surface area contributed by atoms with Gasteiger partial charge in [-0.2, -0.15) is 0 Å². The van der Waals surface area contributed by atoms with Crippen LogP contribution in [-0.2, 0) is 16.0 Å². The fourth-order valence-corrected chi connectivity index (χ4v) is 3.14. The molecule has 2 heterocycles. The summed E-state index contributed by atoms with van der Waals surface area (Å²) < 4.78 is 1.94. The Morgan fingerprint density at radius 2 is 2.00 bits per heavy atom. The van der Waals surface area contributed by atoms with Crippen molar-refractivity contribution >= 4 is 28.2 Å². The molecular weight excluding hydrogens is 302 g/mol. The van der Waals surface area contributed by atoms with Gasteiger partial charge in [-0.1, -0.05) is 19.3 Å². The molecule has 0 spiro atoms. The van der Waals surface area contributed by atoms with Gasteiger partial charge in [0.1, 0.15) is 0 Å². The molecule has 7 heteroatoms. The monoisotopic (exact) mass is 323 g/mol. The quantitative estimate of drug-likeness (QED) is 0.658. The van der Waals surface area contributed by atoms with Crippen LogP contribution in [0, 0.1) is 0 Å². The molecule has 0 aliphatic heterocycles. The molecule has 0 saturated carbocycles. The van der Waals surface area contributed by atoms with Crippen LogP contribution < -0.4 is 5.32 Å². The Labute approximate surface area is 133 Å². The molecule has 120 valence electrons. The maximum atomic E-state index is 11.9. The molecule has 2 N–H and O–H groups in total. The number of carboxylic acids is 1. The Balaban J connectivity index is 1.55. The van der Waals surface area contributed by atoms with E-state index < -0.39 is 5.97 Å². The Kier molecular flexibility index (Phi) is 6.39. The molecule has 0 fully saturated rings. The van der Waals surface area contributed by atoms with Crippen LogP contribution in [0.25, 0.3) is 4.96 Å². The minimum absolute atomic E-state index is 0.0271. The largest absolute Gasteiger partial charge is 0.481 e. The fraction of sp³-hybridized carbons (Fsp3) is 0.533. The Hall–Kier alpha value is -1.89. The number of hydrogen-bond donors (Lipinski definition) is 2. The van der Waals surface area contributed by atoms with Crippen molar-refractivity contribution in [2.45, 2.75) is 44.9 Å². The maximum absolute atomic E-state index is 11.9. The number of imidazole rings is 1. The highest BCUT2D eigenvalue weighted by atomic mass is 32.1. The Morgan fingerprint density at radius 1 is 1.23 bits per heavy atom. The summed E-state index contributed by atoms with van der Waals surface area (Å²) in [5, 5.41) is 13.4. The molecular formula is C15H21N3O3S. The molecule has 0 radical (unpaired) electrons. The van der Waals surface area contributed by atoms with E-state index in [4.69, 9.17) is 5.11 Å². The second-order valence-corrected chi connectivity index (χ2v) is 6.08. The topological polar surface area (TPSA) is 83.7 Å². The first kappa shape index (κ1) is 16.5. The minimum atomic E-state index is -0.729. The van der Waals surface area contributed by atoms with E-state index in [1.165, 1.54) is 11.3 Å². The number of carbonyl (C=O) groups is 2. The zero-order valence-electron chi connectivity index (χ0n) is 12.5. The first-order chi connectivity index (χ1) is 10.7. The van der Waals surface area contributed by atoms with Gasteiger partial charge in [-0.15, -0.1) is 11.3 Å². The van der Waals surface area contributed by atoms with E-state index in [1.807, 2.05) is 16.0 Å². The highest BCUT2D eigenvalue weighted by Crippen LogP contribution is 2.14. The molecule has 0 bridgehead atoms. The highest BCUT2D eigenvalue weighted by Gasteiger charge is 2.08. The predicted octanol–water partition coefficient (Wildman–Crippen LogP) is 2.48. The second-order valence-electron chi connectivity index (χ2n) is 5.25. The van der Waals surface area contributed by atoms with Gasteiger partial charge < -0.3 is 10.4 Å². The van der Waals surface area contributed by atoms with Gasteiger partial charge in [0.25, 0.3) is 0 Å². The Morgan fingerprint density at radius 3 is 2.82 bits per heavy atom. The van der Waals surface area contributed by atoms with Gasteiger partial charge in [0.05, 0.1) is 6.42 Å². The highest BCUT2D eigenvalue weighted by molar-refractivity contribution is 7.15.